The topological polar surface area (TPSA) is 87.4 Å². The number of aryl methyl sites for hydroxylation is 1. The maximum Gasteiger partial charge on any atom is 0.184 e. The number of benzene rings is 5. The van der Waals surface area contributed by atoms with Crippen LogP contribution >= 0.6 is 0 Å². The van der Waals surface area contributed by atoms with E-state index in [0.717, 1.165) is 75.5 Å². The SMILES string of the molecule is CCCc1nc(CCN)c(C)n1-c1ccc(-c2ccccc2-c2nnnn2C(c2ccccc2)(c2ccccc2)c2ccccc2)cc1. The van der Waals surface area contributed by atoms with E-state index >= 15 is 0 Å². The molecule has 0 bridgehead atoms. The van der Waals surface area contributed by atoms with Crippen LogP contribution in [0.15, 0.2) is 140 Å². The maximum atomic E-state index is 5.91. The number of nitrogens with two attached hydrogens (primary N) is 1. The van der Waals surface area contributed by atoms with Gasteiger partial charge in [-0.2, -0.15) is 0 Å². The highest BCUT2D eigenvalue weighted by Gasteiger charge is 2.42. The molecule has 0 fully saturated rings. The molecule has 0 saturated heterocycles. The van der Waals surface area contributed by atoms with Crippen LogP contribution in [0.2, 0.25) is 0 Å². The van der Waals surface area contributed by atoms with Crippen LogP contribution in [0.5, 0.6) is 0 Å². The van der Waals surface area contributed by atoms with Gasteiger partial charge in [0.25, 0.3) is 0 Å². The van der Waals surface area contributed by atoms with Crippen LogP contribution in [0.3, 0.4) is 0 Å². The third-order valence-electron chi connectivity index (χ3n) is 9.10. The van der Waals surface area contributed by atoms with E-state index in [9.17, 15) is 0 Å². The van der Waals surface area contributed by atoms with E-state index in [2.05, 4.69) is 139 Å². The second-order valence-electron chi connectivity index (χ2n) is 12.0. The predicted octanol–water partition coefficient (Wildman–Crippen LogP) is 7.80. The van der Waals surface area contributed by atoms with Gasteiger partial charge in [-0.05, 0) is 70.3 Å². The van der Waals surface area contributed by atoms with Gasteiger partial charge in [-0.15, -0.1) is 5.10 Å². The lowest BCUT2D eigenvalue weighted by Crippen LogP contribution is -2.39. The third-order valence-corrected chi connectivity index (χ3v) is 9.10. The Morgan fingerprint density at radius 2 is 1.19 bits per heavy atom. The van der Waals surface area contributed by atoms with E-state index in [1.807, 2.05) is 28.9 Å². The number of tetrazole rings is 1. The molecule has 7 heteroatoms. The van der Waals surface area contributed by atoms with Crippen molar-refractivity contribution < 1.29 is 0 Å². The fourth-order valence-electron chi connectivity index (χ4n) is 6.92. The van der Waals surface area contributed by atoms with Gasteiger partial charge in [-0.25, -0.2) is 9.67 Å². The van der Waals surface area contributed by atoms with Crippen LogP contribution in [0.4, 0.5) is 0 Å². The van der Waals surface area contributed by atoms with Crippen molar-refractivity contribution in [1.29, 1.82) is 0 Å². The number of imidazole rings is 1. The van der Waals surface area contributed by atoms with Crippen LogP contribution < -0.4 is 5.73 Å². The first-order valence-corrected chi connectivity index (χ1v) is 16.6. The van der Waals surface area contributed by atoms with Crippen LogP contribution in [0.25, 0.3) is 28.2 Å². The Bertz CT molecular complexity index is 2000. The summed E-state index contributed by atoms with van der Waals surface area (Å²) >= 11 is 0. The van der Waals surface area contributed by atoms with Gasteiger partial charge < -0.3 is 10.3 Å². The zero-order chi connectivity index (χ0) is 32.9. The molecule has 0 radical (unpaired) electrons. The van der Waals surface area contributed by atoms with Gasteiger partial charge in [0, 0.05) is 29.8 Å². The predicted molar refractivity (Wildman–Crippen MR) is 192 cm³/mol. The second-order valence-corrected chi connectivity index (χ2v) is 12.0. The van der Waals surface area contributed by atoms with Gasteiger partial charge in [0.1, 0.15) is 11.4 Å². The number of rotatable bonds is 11. The Balaban J connectivity index is 1.39. The van der Waals surface area contributed by atoms with Gasteiger partial charge >= 0.3 is 0 Å². The molecule has 48 heavy (non-hydrogen) atoms. The van der Waals surface area contributed by atoms with Crippen molar-refractivity contribution in [3.8, 4) is 28.2 Å². The number of nitrogens with zero attached hydrogens (tertiary/aromatic N) is 6. The second kappa shape index (κ2) is 13.6. The molecule has 0 spiro atoms. The number of hydrogen-bond donors (Lipinski definition) is 1. The molecule has 0 atom stereocenters. The largest absolute Gasteiger partial charge is 0.330 e. The van der Waals surface area contributed by atoms with E-state index in [-0.39, 0.29) is 0 Å². The van der Waals surface area contributed by atoms with E-state index in [1.54, 1.807) is 0 Å². The van der Waals surface area contributed by atoms with Crippen LogP contribution in [-0.2, 0) is 18.4 Å². The van der Waals surface area contributed by atoms with Gasteiger partial charge in [0.2, 0.25) is 0 Å². The standard InChI is InChI=1S/C41H39N7/c1-3-15-39-43-38(28-29-42)30(2)47(39)35-26-24-31(25-27-35)36-22-13-14-23-37(36)40-44-45-46-48(40)41(32-16-7-4-8-17-32,33-18-9-5-10-19-33)34-20-11-6-12-21-34/h4-14,16-27H,3,15,28-29,42H2,1-2H3. The number of aromatic nitrogens is 6. The summed E-state index contributed by atoms with van der Waals surface area (Å²) in [7, 11) is 0. The summed E-state index contributed by atoms with van der Waals surface area (Å²) in [6.45, 7) is 4.91. The Morgan fingerprint density at radius 3 is 1.73 bits per heavy atom. The molecular formula is C41H39N7. The molecule has 7 rings (SSSR count). The van der Waals surface area contributed by atoms with Crippen molar-refractivity contribution in [2.75, 3.05) is 6.54 Å². The normalized spacial score (nSPS) is 11.6. The third kappa shape index (κ3) is 5.42. The minimum absolute atomic E-state index is 0.582. The van der Waals surface area contributed by atoms with Crippen molar-refractivity contribution >= 4 is 0 Å². The van der Waals surface area contributed by atoms with E-state index in [4.69, 9.17) is 21.0 Å². The van der Waals surface area contributed by atoms with E-state index in [0.29, 0.717) is 12.4 Å². The molecule has 7 nitrogen and oxygen atoms in total. The lowest BCUT2D eigenvalue weighted by atomic mass is 9.77. The molecular weight excluding hydrogens is 591 g/mol. The van der Waals surface area contributed by atoms with Crippen LogP contribution in [0.1, 0.15) is 47.2 Å². The Morgan fingerprint density at radius 1 is 0.646 bits per heavy atom. The highest BCUT2D eigenvalue weighted by Crippen LogP contribution is 2.43. The fraction of sp³-hybridized carbons (Fsp3) is 0.171. The summed E-state index contributed by atoms with van der Waals surface area (Å²) in [5.74, 6) is 1.75. The van der Waals surface area contributed by atoms with Crippen molar-refractivity contribution in [2.45, 2.75) is 38.6 Å². The summed E-state index contributed by atoms with van der Waals surface area (Å²) in [4.78, 5) is 4.96. The Labute approximate surface area is 281 Å². The first-order chi connectivity index (χ1) is 23.7. The van der Waals surface area contributed by atoms with Crippen molar-refractivity contribution in [2.24, 2.45) is 5.73 Å². The average molecular weight is 630 g/mol. The Kier molecular flexibility index (Phi) is 8.77. The van der Waals surface area contributed by atoms with Gasteiger partial charge in [0.15, 0.2) is 5.82 Å². The van der Waals surface area contributed by atoms with E-state index in [1.165, 1.54) is 0 Å². The molecule has 2 aromatic heterocycles. The quantitative estimate of drug-likeness (QED) is 0.148. The molecule has 0 aliphatic heterocycles. The molecule has 2 heterocycles. The summed E-state index contributed by atoms with van der Waals surface area (Å²) in [6.07, 6.45) is 2.70. The highest BCUT2D eigenvalue weighted by atomic mass is 15.6. The highest BCUT2D eigenvalue weighted by molar-refractivity contribution is 5.81. The summed E-state index contributed by atoms with van der Waals surface area (Å²) < 4.78 is 4.27. The molecule has 5 aromatic carbocycles. The van der Waals surface area contributed by atoms with Gasteiger partial charge in [-0.1, -0.05) is 134 Å². The van der Waals surface area contributed by atoms with Crippen molar-refractivity contribution in [3.05, 3.63) is 173 Å². The lowest BCUT2D eigenvalue weighted by Gasteiger charge is -2.36. The minimum Gasteiger partial charge on any atom is -0.330 e. The fourth-order valence-corrected chi connectivity index (χ4v) is 6.92. The zero-order valence-corrected chi connectivity index (χ0v) is 27.4. The van der Waals surface area contributed by atoms with Crippen molar-refractivity contribution in [1.82, 2.24) is 29.8 Å². The number of hydrogen-bond acceptors (Lipinski definition) is 5. The first kappa shape index (κ1) is 31.0. The molecule has 0 aliphatic rings. The average Bonchev–Trinajstić information content (AvgIpc) is 3.75. The summed E-state index contributed by atoms with van der Waals surface area (Å²) in [6, 6.07) is 48.5. The lowest BCUT2D eigenvalue weighted by molar-refractivity contribution is 0.451. The van der Waals surface area contributed by atoms with Crippen LogP contribution in [-0.4, -0.2) is 36.3 Å². The molecule has 0 aliphatic carbocycles. The molecule has 0 amide bonds. The first-order valence-electron chi connectivity index (χ1n) is 16.6. The zero-order valence-electron chi connectivity index (χ0n) is 27.4. The molecule has 238 valence electrons. The molecule has 0 saturated carbocycles. The van der Waals surface area contributed by atoms with Crippen LogP contribution in [0, 0.1) is 6.92 Å². The van der Waals surface area contributed by atoms with Crippen molar-refractivity contribution in [3.63, 3.8) is 0 Å². The molecule has 0 unspecified atom stereocenters. The molecule has 7 aromatic rings. The minimum atomic E-state index is -0.838. The molecule has 2 N–H and O–H groups in total. The maximum absolute atomic E-state index is 5.91. The smallest absolute Gasteiger partial charge is 0.184 e. The van der Waals surface area contributed by atoms with E-state index < -0.39 is 5.54 Å². The Hall–Kier alpha value is -5.66. The monoisotopic (exact) mass is 629 g/mol. The van der Waals surface area contributed by atoms with Gasteiger partial charge in [-0.3, -0.25) is 0 Å². The summed E-state index contributed by atoms with van der Waals surface area (Å²) in [5, 5.41) is 13.8. The summed E-state index contributed by atoms with van der Waals surface area (Å²) in [5.41, 5.74) is 14.6. The van der Waals surface area contributed by atoms with Gasteiger partial charge in [0.05, 0.1) is 5.69 Å².